The van der Waals surface area contributed by atoms with Gasteiger partial charge in [0.1, 0.15) is 0 Å². The SMILES string of the molecule is CCCCCCCC/C=C/n1cc(Cl)ccc1=O. The van der Waals surface area contributed by atoms with Gasteiger partial charge in [-0.15, -0.1) is 0 Å². The molecule has 0 spiro atoms. The fraction of sp³-hybridized carbons (Fsp3) is 0.533. The molecule has 0 bridgehead atoms. The fourth-order valence-corrected chi connectivity index (χ4v) is 1.99. The van der Waals surface area contributed by atoms with Crippen LogP contribution in [0.15, 0.2) is 29.2 Å². The topological polar surface area (TPSA) is 22.0 Å². The Labute approximate surface area is 114 Å². The van der Waals surface area contributed by atoms with Gasteiger partial charge < -0.3 is 0 Å². The number of aromatic nitrogens is 1. The Hall–Kier alpha value is -1.02. The zero-order valence-corrected chi connectivity index (χ0v) is 11.8. The molecular weight excluding hydrogens is 246 g/mol. The maximum absolute atomic E-state index is 11.5. The van der Waals surface area contributed by atoms with E-state index in [4.69, 9.17) is 11.6 Å². The minimum absolute atomic E-state index is 0.0430. The van der Waals surface area contributed by atoms with E-state index in [9.17, 15) is 4.79 Å². The molecule has 100 valence electrons. The van der Waals surface area contributed by atoms with Crippen molar-refractivity contribution in [2.75, 3.05) is 0 Å². The highest BCUT2D eigenvalue weighted by Gasteiger charge is 1.92. The summed E-state index contributed by atoms with van der Waals surface area (Å²) in [6, 6.07) is 3.10. The molecule has 0 radical (unpaired) electrons. The van der Waals surface area contributed by atoms with E-state index in [1.54, 1.807) is 18.5 Å². The Morgan fingerprint density at radius 3 is 2.67 bits per heavy atom. The van der Waals surface area contributed by atoms with Gasteiger partial charge in [0.05, 0.1) is 5.02 Å². The number of allylic oxidation sites excluding steroid dienone is 1. The van der Waals surface area contributed by atoms with Gasteiger partial charge >= 0.3 is 0 Å². The summed E-state index contributed by atoms with van der Waals surface area (Å²) < 4.78 is 1.53. The number of halogens is 1. The van der Waals surface area contributed by atoms with Crippen LogP contribution >= 0.6 is 11.6 Å². The Kier molecular flexibility index (Phi) is 7.51. The summed E-state index contributed by atoms with van der Waals surface area (Å²) in [7, 11) is 0. The first-order valence-electron chi connectivity index (χ1n) is 6.78. The Morgan fingerprint density at radius 2 is 1.89 bits per heavy atom. The van der Waals surface area contributed by atoms with E-state index in [-0.39, 0.29) is 5.56 Å². The number of rotatable bonds is 8. The van der Waals surface area contributed by atoms with Crippen LogP contribution in [0.2, 0.25) is 5.02 Å². The van der Waals surface area contributed by atoms with Gasteiger partial charge in [-0.05, 0) is 18.9 Å². The lowest BCUT2D eigenvalue weighted by Gasteiger charge is -1.99. The van der Waals surface area contributed by atoms with E-state index in [0.29, 0.717) is 5.02 Å². The van der Waals surface area contributed by atoms with Crippen molar-refractivity contribution in [2.24, 2.45) is 0 Å². The molecule has 1 aromatic heterocycles. The van der Waals surface area contributed by atoms with E-state index in [1.165, 1.54) is 49.2 Å². The van der Waals surface area contributed by atoms with Crippen LogP contribution in [0.25, 0.3) is 6.20 Å². The average Bonchev–Trinajstić information content (AvgIpc) is 2.36. The van der Waals surface area contributed by atoms with E-state index < -0.39 is 0 Å². The normalized spacial score (nSPS) is 11.2. The lowest BCUT2D eigenvalue weighted by Crippen LogP contribution is -2.12. The molecule has 0 fully saturated rings. The summed E-state index contributed by atoms with van der Waals surface area (Å²) >= 11 is 5.83. The molecule has 0 N–H and O–H groups in total. The van der Waals surface area contributed by atoms with Crippen molar-refractivity contribution in [3.63, 3.8) is 0 Å². The maximum atomic E-state index is 11.5. The molecule has 1 rings (SSSR count). The fourth-order valence-electron chi connectivity index (χ4n) is 1.82. The van der Waals surface area contributed by atoms with E-state index >= 15 is 0 Å². The van der Waals surface area contributed by atoms with Crippen molar-refractivity contribution in [2.45, 2.75) is 51.9 Å². The first-order valence-corrected chi connectivity index (χ1v) is 7.16. The van der Waals surface area contributed by atoms with Crippen LogP contribution in [0.4, 0.5) is 0 Å². The van der Waals surface area contributed by atoms with Gasteiger partial charge in [0.15, 0.2) is 0 Å². The lowest BCUT2D eigenvalue weighted by atomic mass is 10.1. The van der Waals surface area contributed by atoms with Crippen molar-refractivity contribution in [3.8, 4) is 0 Å². The second-order valence-electron chi connectivity index (χ2n) is 4.53. The highest BCUT2D eigenvalue weighted by molar-refractivity contribution is 6.30. The minimum Gasteiger partial charge on any atom is -0.290 e. The van der Waals surface area contributed by atoms with Crippen LogP contribution in [0.5, 0.6) is 0 Å². The molecule has 18 heavy (non-hydrogen) atoms. The molecule has 3 heteroatoms. The van der Waals surface area contributed by atoms with E-state index in [0.717, 1.165) is 6.42 Å². The highest BCUT2D eigenvalue weighted by Crippen LogP contribution is 2.08. The van der Waals surface area contributed by atoms with Gasteiger partial charge in [0.2, 0.25) is 0 Å². The number of unbranched alkanes of at least 4 members (excludes halogenated alkanes) is 6. The van der Waals surface area contributed by atoms with Crippen LogP contribution in [-0.4, -0.2) is 4.57 Å². The first-order chi connectivity index (χ1) is 8.74. The standard InChI is InChI=1S/C15H22ClNO/c1-2-3-4-5-6-7-8-9-12-17-13-14(16)10-11-15(17)18/h9-13H,2-8H2,1H3/b12-9+. The number of hydrogen-bond donors (Lipinski definition) is 0. The predicted molar refractivity (Wildman–Crippen MR) is 79.0 cm³/mol. The first kappa shape index (κ1) is 15.0. The summed E-state index contributed by atoms with van der Waals surface area (Å²) in [6.07, 6.45) is 14.3. The smallest absolute Gasteiger partial charge is 0.254 e. The van der Waals surface area contributed by atoms with Gasteiger partial charge in [0, 0.05) is 18.5 Å². The second kappa shape index (κ2) is 8.98. The van der Waals surface area contributed by atoms with Crippen molar-refractivity contribution < 1.29 is 0 Å². The van der Waals surface area contributed by atoms with Crippen LogP contribution < -0.4 is 5.56 Å². The highest BCUT2D eigenvalue weighted by atomic mass is 35.5. The molecule has 0 unspecified atom stereocenters. The number of pyridine rings is 1. The predicted octanol–water partition coefficient (Wildman–Crippen LogP) is 4.72. The Balaban J connectivity index is 2.24. The second-order valence-corrected chi connectivity index (χ2v) is 4.97. The van der Waals surface area contributed by atoms with Crippen molar-refractivity contribution in [3.05, 3.63) is 39.8 Å². The summed E-state index contributed by atoms with van der Waals surface area (Å²) in [6.45, 7) is 2.23. The van der Waals surface area contributed by atoms with Crippen LogP contribution in [0.1, 0.15) is 51.9 Å². The molecular formula is C15H22ClNO. The van der Waals surface area contributed by atoms with E-state index in [2.05, 4.69) is 6.92 Å². The van der Waals surface area contributed by atoms with Crippen LogP contribution in [0.3, 0.4) is 0 Å². The molecule has 0 aliphatic heterocycles. The third kappa shape index (κ3) is 6.06. The molecule has 0 saturated carbocycles. The third-order valence-electron chi connectivity index (χ3n) is 2.89. The maximum Gasteiger partial charge on any atom is 0.254 e. The summed E-state index contributed by atoms with van der Waals surface area (Å²) in [4.78, 5) is 11.5. The summed E-state index contributed by atoms with van der Waals surface area (Å²) in [5, 5.41) is 0.582. The number of nitrogens with zero attached hydrogens (tertiary/aromatic N) is 1. The van der Waals surface area contributed by atoms with E-state index in [1.807, 2.05) is 6.08 Å². The lowest BCUT2D eigenvalue weighted by molar-refractivity contribution is 0.611. The zero-order valence-electron chi connectivity index (χ0n) is 11.1. The monoisotopic (exact) mass is 267 g/mol. The molecule has 0 aliphatic rings. The van der Waals surface area contributed by atoms with Gasteiger partial charge in [-0.1, -0.05) is 56.7 Å². The molecule has 0 aromatic carbocycles. The number of hydrogen-bond acceptors (Lipinski definition) is 1. The van der Waals surface area contributed by atoms with Crippen LogP contribution in [-0.2, 0) is 0 Å². The molecule has 0 atom stereocenters. The van der Waals surface area contributed by atoms with Crippen LogP contribution in [0, 0.1) is 0 Å². The zero-order chi connectivity index (χ0) is 13.2. The molecule has 2 nitrogen and oxygen atoms in total. The van der Waals surface area contributed by atoms with Gasteiger partial charge in [0.25, 0.3) is 5.56 Å². The quantitative estimate of drug-likeness (QED) is 0.625. The van der Waals surface area contributed by atoms with Crippen molar-refractivity contribution in [1.29, 1.82) is 0 Å². The van der Waals surface area contributed by atoms with Crippen molar-refractivity contribution in [1.82, 2.24) is 4.57 Å². The van der Waals surface area contributed by atoms with Gasteiger partial charge in [-0.25, -0.2) is 0 Å². The van der Waals surface area contributed by atoms with Gasteiger partial charge in [-0.2, -0.15) is 0 Å². The molecule has 0 aliphatic carbocycles. The Bertz CT molecular complexity index is 423. The third-order valence-corrected chi connectivity index (χ3v) is 3.12. The molecule has 0 saturated heterocycles. The molecule has 1 heterocycles. The minimum atomic E-state index is -0.0430. The molecule has 1 aromatic rings. The average molecular weight is 268 g/mol. The summed E-state index contributed by atoms with van der Waals surface area (Å²) in [5.41, 5.74) is -0.0430. The van der Waals surface area contributed by atoms with Crippen molar-refractivity contribution >= 4 is 17.8 Å². The van der Waals surface area contributed by atoms with Gasteiger partial charge in [-0.3, -0.25) is 9.36 Å². The largest absolute Gasteiger partial charge is 0.290 e. The molecule has 0 amide bonds. The summed E-state index contributed by atoms with van der Waals surface area (Å²) in [5.74, 6) is 0. The Morgan fingerprint density at radius 1 is 1.17 bits per heavy atom.